The van der Waals surface area contributed by atoms with Gasteiger partial charge in [-0.05, 0) is 36.4 Å². The Morgan fingerprint density at radius 2 is 1.89 bits per heavy atom. The van der Waals surface area contributed by atoms with Crippen molar-refractivity contribution in [2.45, 2.75) is 6.42 Å². The molecule has 0 bridgehead atoms. The average Bonchev–Trinajstić information content (AvgIpc) is 3.10. The van der Waals surface area contributed by atoms with E-state index in [1.54, 1.807) is 37.4 Å². The van der Waals surface area contributed by atoms with Gasteiger partial charge in [-0.25, -0.2) is 4.39 Å². The van der Waals surface area contributed by atoms with Crippen molar-refractivity contribution >= 4 is 29.2 Å². The molecule has 0 spiro atoms. The second kappa shape index (κ2) is 8.51. The number of carbonyl (C=O) groups is 3. The first-order chi connectivity index (χ1) is 13.5. The standard InChI is InChI=1S/C20H19FN2O5/c1-27-15-8-6-14(7-9-15)23-11-13(10-19(23)25)20(26)28-12-18(24)22-17-5-3-2-4-16(17)21/h2-9,13H,10-12H2,1H3,(H,22,24). The minimum atomic E-state index is -0.670. The Labute approximate surface area is 161 Å². The molecular formula is C20H19FN2O5. The quantitative estimate of drug-likeness (QED) is 0.771. The summed E-state index contributed by atoms with van der Waals surface area (Å²) in [5, 5.41) is 2.33. The molecular weight excluding hydrogens is 367 g/mol. The Morgan fingerprint density at radius 3 is 2.57 bits per heavy atom. The van der Waals surface area contributed by atoms with E-state index in [1.165, 1.54) is 23.1 Å². The van der Waals surface area contributed by atoms with Gasteiger partial charge in [0, 0.05) is 18.7 Å². The van der Waals surface area contributed by atoms with Crippen LogP contribution in [0.25, 0.3) is 0 Å². The molecule has 2 amide bonds. The number of esters is 1. The zero-order chi connectivity index (χ0) is 20.1. The Balaban J connectivity index is 1.52. The van der Waals surface area contributed by atoms with E-state index in [1.807, 2.05) is 0 Å². The molecule has 28 heavy (non-hydrogen) atoms. The van der Waals surface area contributed by atoms with Crippen LogP contribution in [0.15, 0.2) is 48.5 Å². The highest BCUT2D eigenvalue weighted by Crippen LogP contribution is 2.27. The van der Waals surface area contributed by atoms with Crippen molar-refractivity contribution in [2.75, 3.05) is 30.5 Å². The van der Waals surface area contributed by atoms with E-state index in [4.69, 9.17) is 9.47 Å². The minimum Gasteiger partial charge on any atom is -0.497 e. The number of nitrogens with one attached hydrogen (secondary N) is 1. The topological polar surface area (TPSA) is 84.9 Å². The average molecular weight is 386 g/mol. The lowest BCUT2D eigenvalue weighted by Crippen LogP contribution is -2.28. The number of rotatable bonds is 6. The van der Waals surface area contributed by atoms with Crippen LogP contribution in [-0.4, -0.2) is 38.0 Å². The van der Waals surface area contributed by atoms with Crippen molar-refractivity contribution in [1.82, 2.24) is 0 Å². The van der Waals surface area contributed by atoms with Crippen molar-refractivity contribution in [1.29, 1.82) is 0 Å². The number of hydrogen-bond donors (Lipinski definition) is 1. The molecule has 0 radical (unpaired) electrons. The van der Waals surface area contributed by atoms with E-state index in [0.717, 1.165) is 0 Å². The molecule has 7 nitrogen and oxygen atoms in total. The van der Waals surface area contributed by atoms with Crippen LogP contribution in [0.3, 0.4) is 0 Å². The maximum Gasteiger partial charge on any atom is 0.311 e. The van der Waals surface area contributed by atoms with E-state index in [2.05, 4.69) is 5.32 Å². The lowest BCUT2D eigenvalue weighted by atomic mass is 10.1. The summed E-state index contributed by atoms with van der Waals surface area (Å²) in [5.41, 5.74) is 0.656. The van der Waals surface area contributed by atoms with Gasteiger partial charge >= 0.3 is 5.97 Å². The highest BCUT2D eigenvalue weighted by Gasteiger charge is 2.36. The van der Waals surface area contributed by atoms with Crippen molar-refractivity contribution < 1.29 is 28.2 Å². The number of benzene rings is 2. The number of halogens is 1. The molecule has 2 aromatic rings. The highest BCUT2D eigenvalue weighted by atomic mass is 19.1. The maximum absolute atomic E-state index is 13.5. The molecule has 1 aliphatic heterocycles. The van der Waals surface area contributed by atoms with Gasteiger partial charge < -0.3 is 19.7 Å². The zero-order valence-corrected chi connectivity index (χ0v) is 15.2. The first-order valence-corrected chi connectivity index (χ1v) is 8.63. The predicted octanol–water partition coefficient (Wildman–Crippen LogP) is 2.37. The normalized spacial score (nSPS) is 16.0. The fourth-order valence-corrected chi connectivity index (χ4v) is 2.88. The number of methoxy groups -OCH3 is 1. The third kappa shape index (κ3) is 4.46. The second-order valence-corrected chi connectivity index (χ2v) is 6.24. The second-order valence-electron chi connectivity index (χ2n) is 6.24. The molecule has 1 heterocycles. The third-order valence-corrected chi connectivity index (χ3v) is 4.34. The summed E-state index contributed by atoms with van der Waals surface area (Å²) in [6, 6.07) is 12.6. The molecule has 0 saturated carbocycles. The molecule has 8 heteroatoms. The fraction of sp³-hybridized carbons (Fsp3) is 0.250. The first-order valence-electron chi connectivity index (χ1n) is 8.63. The lowest BCUT2D eigenvalue weighted by molar-refractivity contribution is -0.151. The monoisotopic (exact) mass is 386 g/mol. The van der Waals surface area contributed by atoms with Gasteiger partial charge in [-0.3, -0.25) is 14.4 Å². The van der Waals surface area contributed by atoms with E-state index in [0.29, 0.717) is 11.4 Å². The molecule has 1 unspecified atom stereocenters. The van der Waals surface area contributed by atoms with Gasteiger partial charge in [-0.15, -0.1) is 0 Å². The summed E-state index contributed by atoms with van der Waals surface area (Å²) in [5.74, 6) is -2.10. The lowest BCUT2D eigenvalue weighted by Gasteiger charge is -2.16. The van der Waals surface area contributed by atoms with Crippen LogP contribution in [0.2, 0.25) is 0 Å². The van der Waals surface area contributed by atoms with Crippen LogP contribution in [0.5, 0.6) is 5.75 Å². The smallest absolute Gasteiger partial charge is 0.311 e. The van der Waals surface area contributed by atoms with Crippen molar-refractivity contribution in [3.8, 4) is 5.75 Å². The summed E-state index contributed by atoms with van der Waals surface area (Å²) in [7, 11) is 1.55. The zero-order valence-electron chi connectivity index (χ0n) is 15.2. The molecule has 0 aromatic heterocycles. The van der Waals surface area contributed by atoms with Crippen LogP contribution in [-0.2, 0) is 19.1 Å². The largest absolute Gasteiger partial charge is 0.497 e. The summed E-state index contributed by atoms with van der Waals surface area (Å²) < 4.78 is 23.6. The molecule has 146 valence electrons. The van der Waals surface area contributed by atoms with Crippen LogP contribution < -0.4 is 15.0 Å². The molecule has 1 N–H and O–H groups in total. The molecule has 3 rings (SSSR count). The Hall–Kier alpha value is -3.42. The van der Waals surface area contributed by atoms with Gasteiger partial charge in [-0.1, -0.05) is 12.1 Å². The van der Waals surface area contributed by atoms with Crippen LogP contribution >= 0.6 is 0 Å². The number of nitrogens with zero attached hydrogens (tertiary/aromatic N) is 1. The van der Waals surface area contributed by atoms with Gasteiger partial charge in [0.25, 0.3) is 5.91 Å². The Bertz CT molecular complexity index is 884. The number of hydrogen-bond acceptors (Lipinski definition) is 5. The molecule has 1 saturated heterocycles. The van der Waals surface area contributed by atoms with Gasteiger partial charge in [0.15, 0.2) is 6.61 Å². The summed E-state index contributed by atoms with van der Waals surface area (Å²) in [4.78, 5) is 37.8. The highest BCUT2D eigenvalue weighted by molar-refractivity contribution is 6.00. The number of carbonyl (C=O) groups excluding carboxylic acids is 3. The van der Waals surface area contributed by atoms with Gasteiger partial charge in [0.2, 0.25) is 5.91 Å². The SMILES string of the molecule is COc1ccc(N2CC(C(=O)OCC(=O)Nc3ccccc3F)CC2=O)cc1. The number of amides is 2. The summed E-state index contributed by atoms with van der Waals surface area (Å²) in [6.07, 6.45) is -0.000203. The Kier molecular flexibility index (Phi) is 5.88. The number of ether oxygens (including phenoxy) is 2. The molecule has 0 aliphatic carbocycles. The number of anilines is 2. The minimum absolute atomic E-state index is 0.000203. The fourth-order valence-electron chi connectivity index (χ4n) is 2.88. The molecule has 1 fully saturated rings. The number of para-hydroxylation sites is 1. The van der Waals surface area contributed by atoms with Gasteiger partial charge in [0.05, 0.1) is 18.7 Å². The predicted molar refractivity (Wildman–Crippen MR) is 99.4 cm³/mol. The molecule has 2 aromatic carbocycles. The van der Waals surface area contributed by atoms with Gasteiger partial charge in [0.1, 0.15) is 11.6 Å². The van der Waals surface area contributed by atoms with Crippen molar-refractivity contribution in [2.24, 2.45) is 5.92 Å². The van der Waals surface area contributed by atoms with E-state index >= 15 is 0 Å². The van der Waals surface area contributed by atoms with Crippen LogP contribution in [0, 0.1) is 11.7 Å². The van der Waals surface area contributed by atoms with Gasteiger partial charge in [-0.2, -0.15) is 0 Å². The molecule has 1 aliphatic rings. The van der Waals surface area contributed by atoms with Crippen LogP contribution in [0.1, 0.15) is 6.42 Å². The summed E-state index contributed by atoms with van der Waals surface area (Å²) >= 11 is 0. The van der Waals surface area contributed by atoms with Crippen molar-refractivity contribution in [3.05, 3.63) is 54.3 Å². The van der Waals surface area contributed by atoms with E-state index < -0.39 is 30.2 Å². The maximum atomic E-state index is 13.5. The van der Waals surface area contributed by atoms with E-state index in [-0.39, 0.29) is 24.6 Å². The van der Waals surface area contributed by atoms with Crippen molar-refractivity contribution in [3.63, 3.8) is 0 Å². The third-order valence-electron chi connectivity index (χ3n) is 4.34. The summed E-state index contributed by atoms with van der Waals surface area (Å²) in [6.45, 7) is -0.390. The Morgan fingerprint density at radius 1 is 1.18 bits per heavy atom. The first kappa shape index (κ1) is 19.3. The van der Waals surface area contributed by atoms with E-state index in [9.17, 15) is 18.8 Å². The molecule has 1 atom stereocenters. The van der Waals surface area contributed by atoms with Crippen LogP contribution in [0.4, 0.5) is 15.8 Å².